The Labute approximate surface area is 119 Å². The number of alkyl halides is 1. The van der Waals surface area contributed by atoms with Crippen molar-refractivity contribution in [3.63, 3.8) is 0 Å². The molecule has 3 heteroatoms. The van der Waals surface area contributed by atoms with Gasteiger partial charge in [0, 0.05) is 13.6 Å². The molecule has 4 saturated carbocycles. The van der Waals surface area contributed by atoms with Gasteiger partial charge < -0.3 is 4.90 Å². The molecular weight excluding hydrogens is 290 g/mol. The molecule has 0 aromatic heterocycles. The van der Waals surface area contributed by atoms with Crippen molar-refractivity contribution in [3.8, 4) is 0 Å². The number of carbonyl (C=O) groups is 1. The maximum atomic E-state index is 12.0. The van der Waals surface area contributed by atoms with Crippen LogP contribution in [0.2, 0.25) is 0 Å². The zero-order chi connectivity index (χ0) is 12.9. The Bertz CT molecular complexity index is 317. The maximum Gasteiger partial charge on any atom is 0.235 e. The van der Waals surface area contributed by atoms with Gasteiger partial charge in [0.25, 0.3) is 0 Å². The molecule has 4 aliphatic carbocycles. The molecule has 0 aromatic rings. The summed E-state index contributed by atoms with van der Waals surface area (Å²) in [6, 6.07) is 0. The highest BCUT2D eigenvalue weighted by molar-refractivity contribution is 9.10. The number of halogens is 1. The minimum Gasteiger partial charge on any atom is -0.344 e. The molecule has 4 rings (SSSR count). The van der Waals surface area contributed by atoms with Crippen molar-refractivity contribution in [2.75, 3.05) is 13.6 Å². The predicted molar refractivity (Wildman–Crippen MR) is 76.6 cm³/mol. The number of rotatable bonds is 3. The highest BCUT2D eigenvalue weighted by Gasteiger charge is 2.51. The average Bonchev–Trinajstić information content (AvgIpc) is 2.24. The van der Waals surface area contributed by atoms with E-state index in [0.29, 0.717) is 5.41 Å². The lowest BCUT2D eigenvalue weighted by Crippen LogP contribution is -2.52. The summed E-state index contributed by atoms with van der Waals surface area (Å²) < 4.78 is 0. The van der Waals surface area contributed by atoms with Crippen LogP contribution in [0.5, 0.6) is 0 Å². The van der Waals surface area contributed by atoms with Crippen LogP contribution in [0.1, 0.15) is 45.4 Å². The summed E-state index contributed by atoms with van der Waals surface area (Å²) in [7, 11) is 1.98. The quantitative estimate of drug-likeness (QED) is 0.731. The van der Waals surface area contributed by atoms with Gasteiger partial charge in [-0.3, -0.25) is 4.79 Å². The Balaban J connectivity index is 1.70. The van der Waals surface area contributed by atoms with Gasteiger partial charge >= 0.3 is 0 Å². The van der Waals surface area contributed by atoms with E-state index < -0.39 is 0 Å². The molecule has 18 heavy (non-hydrogen) atoms. The van der Waals surface area contributed by atoms with E-state index in [1.165, 1.54) is 38.5 Å². The molecule has 0 spiro atoms. The summed E-state index contributed by atoms with van der Waals surface area (Å²) in [5, 5.41) is 0. The first-order valence-corrected chi connectivity index (χ1v) is 8.28. The zero-order valence-electron chi connectivity index (χ0n) is 11.5. The van der Waals surface area contributed by atoms with Crippen molar-refractivity contribution in [2.24, 2.45) is 23.2 Å². The highest BCUT2D eigenvalue weighted by atomic mass is 79.9. The largest absolute Gasteiger partial charge is 0.344 e. The van der Waals surface area contributed by atoms with Gasteiger partial charge in [0.05, 0.1) is 4.83 Å². The molecule has 1 atom stereocenters. The monoisotopic (exact) mass is 313 g/mol. The number of carbonyl (C=O) groups excluding carboxylic acids is 1. The van der Waals surface area contributed by atoms with E-state index in [1.807, 2.05) is 18.9 Å². The number of nitrogens with zero attached hydrogens (tertiary/aromatic N) is 1. The first-order valence-electron chi connectivity index (χ1n) is 7.36. The lowest BCUT2D eigenvalue weighted by Gasteiger charge is -2.57. The van der Waals surface area contributed by atoms with Crippen LogP contribution in [0.25, 0.3) is 0 Å². The lowest BCUT2D eigenvalue weighted by molar-refractivity contribution is -0.134. The number of hydrogen-bond acceptors (Lipinski definition) is 1. The standard InChI is InChI=1S/C15H24BrNO/c1-10(16)14(18)17(2)9-15-6-11-3-12(7-15)5-13(4-11)8-15/h10-13H,3-9H2,1-2H3. The van der Waals surface area contributed by atoms with E-state index in [-0.39, 0.29) is 10.7 Å². The Morgan fingerprint density at radius 3 is 2.06 bits per heavy atom. The van der Waals surface area contributed by atoms with E-state index in [1.54, 1.807) is 0 Å². The fraction of sp³-hybridized carbons (Fsp3) is 0.933. The molecule has 4 aliphatic rings. The van der Waals surface area contributed by atoms with Gasteiger partial charge in [0.2, 0.25) is 5.91 Å². The molecular formula is C15H24BrNO. The SMILES string of the molecule is CC(Br)C(=O)N(C)CC12CC3CC(CC(C3)C1)C2. The Morgan fingerprint density at radius 1 is 1.22 bits per heavy atom. The van der Waals surface area contributed by atoms with Crippen molar-refractivity contribution in [1.82, 2.24) is 4.90 Å². The van der Waals surface area contributed by atoms with Crippen LogP contribution in [0, 0.1) is 23.2 Å². The minimum absolute atomic E-state index is 0.0450. The molecule has 0 N–H and O–H groups in total. The van der Waals surface area contributed by atoms with Crippen molar-refractivity contribution in [2.45, 2.75) is 50.3 Å². The third-order valence-corrected chi connectivity index (χ3v) is 5.85. The smallest absolute Gasteiger partial charge is 0.235 e. The van der Waals surface area contributed by atoms with Crippen LogP contribution >= 0.6 is 15.9 Å². The van der Waals surface area contributed by atoms with Crippen molar-refractivity contribution in [1.29, 1.82) is 0 Å². The topological polar surface area (TPSA) is 20.3 Å². The van der Waals surface area contributed by atoms with Gasteiger partial charge in [-0.25, -0.2) is 0 Å². The predicted octanol–water partition coefficient (Wildman–Crippen LogP) is 3.44. The lowest BCUT2D eigenvalue weighted by atomic mass is 9.49. The number of hydrogen-bond donors (Lipinski definition) is 0. The van der Waals surface area contributed by atoms with E-state index in [9.17, 15) is 4.79 Å². The average molecular weight is 314 g/mol. The second-order valence-corrected chi connectivity index (χ2v) is 8.60. The summed E-state index contributed by atoms with van der Waals surface area (Å²) in [4.78, 5) is 14.0. The first kappa shape index (κ1) is 13.0. The Kier molecular flexibility index (Phi) is 3.24. The summed E-state index contributed by atoms with van der Waals surface area (Å²) in [5.74, 6) is 3.16. The molecule has 0 radical (unpaired) electrons. The summed E-state index contributed by atoms with van der Waals surface area (Å²) in [6.07, 6.45) is 8.58. The molecule has 2 nitrogen and oxygen atoms in total. The number of amides is 1. The molecule has 4 bridgehead atoms. The van der Waals surface area contributed by atoms with E-state index in [4.69, 9.17) is 0 Å². The summed E-state index contributed by atoms with van der Waals surface area (Å²) in [6.45, 7) is 2.92. The Hall–Kier alpha value is -0.0500. The van der Waals surface area contributed by atoms with Crippen LogP contribution in [-0.4, -0.2) is 29.2 Å². The van der Waals surface area contributed by atoms with Gasteiger partial charge in [0.1, 0.15) is 0 Å². The fourth-order valence-electron chi connectivity index (χ4n) is 5.37. The molecule has 0 aliphatic heterocycles. The van der Waals surface area contributed by atoms with E-state index in [2.05, 4.69) is 15.9 Å². The molecule has 0 heterocycles. The van der Waals surface area contributed by atoms with Crippen molar-refractivity contribution in [3.05, 3.63) is 0 Å². The minimum atomic E-state index is -0.0450. The van der Waals surface area contributed by atoms with Gasteiger partial charge in [-0.15, -0.1) is 0 Å². The van der Waals surface area contributed by atoms with Crippen molar-refractivity contribution < 1.29 is 4.79 Å². The normalized spacial score (nSPS) is 42.9. The summed E-state index contributed by atoms with van der Waals surface area (Å²) in [5.41, 5.74) is 0.473. The molecule has 0 saturated heterocycles. The van der Waals surface area contributed by atoms with E-state index in [0.717, 1.165) is 24.3 Å². The zero-order valence-corrected chi connectivity index (χ0v) is 13.1. The maximum absolute atomic E-state index is 12.0. The van der Waals surface area contributed by atoms with Crippen LogP contribution in [0.15, 0.2) is 0 Å². The fourth-order valence-corrected chi connectivity index (χ4v) is 5.72. The third-order valence-electron chi connectivity index (χ3n) is 5.45. The molecule has 4 fully saturated rings. The molecule has 102 valence electrons. The van der Waals surface area contributed by atoms with Gasteiger partial charge in [-0.1, -0.05) is 15.9 Å². The van der Waals surface area contributed by atoms with Crippen LogP contribution in [0.4, 0.5) is 0 Å². The molecule has 1 amide bonds. The van der Waals surface area contributed by atoms with Gasteiger partial charge in [0.15, 0.2) is 0 Å². The van der Waals surface area contributed by atoms with Crippen molar-refractivity contribution >= 4 is 21.8 Å². The van der Waals surface area contributed by atoms with Gasteiger partial charge in [-0.05, 0) is 68.6 Å². The van der Waals surface area contributed by atoms with Gasteiger partial charge in [-0.2, -0.15) is 0 Å². The third kappa shape index (κ3) is 2.23. The highest BCUT2D eigenvalue weighted by Crippen LogP contribution is 2.60. The van der Waals surface area contributed by atoms with E-state index >= 15 is 0 Å². The second-order valence-electron chi connectivity index (χ2n) is 7.23. The second kappa shape index (κ2) is 4.50. The first-order chi connectivity index (χ1) is 8.47. The molecule has 0 aromatic carbocycles. The molecule has 1 unspecified atom stereocenters. The Morgan fingerprint density at radius 2 is 1.67 bits per heavy atom. The van der Waals surface area contributed by atoms with Crippen LogP contribution in [-0.2, 0) is 4.79 Å². The summed E-state index contributed by atoms with van der Waals surface area (Å²) >= 11 is 3.40. The van der Waals surface area contributed by atoms with Crippen LogP contribution < -0.4 is 0 Å². The van der Waals surface area contributed by atoms with Crippen LogP contribution in [0.3, 0.4) is 0 Å².